The summed E-state index contributed by atoms with van der Waals surface area (Å²) in [4.78, 5) is 12.0. The largest absolute Gasteiger partial charge is 0.394 e. The highest BCUT2D eigenvalue weighted by molar-refractivity contribution is 5.90. The molecule has 22 heavy (non-hydrogen) atoms. The third kappa shape index (κ3) is 3.94. The van der Waals surface area contributed by atoms with Crippen LogP contribution in [0.4, 0.5) is 14.9 Å². The molecule has 0 radical (unpaired) electrons. The fourth-order valence-electron chi connectivity index (χ4n) is 2.45. The maximum atomic E-state index is 13.4. The van der Waals surface area contributed by atoms with Gasteiger partial charge in [-0.1, -0.05) is 6.07 Å². The zero-order chi connectivity index (χ0) is 16.2. The molecule has 122 valence electrons. The molecule has 1 fully saturated rings. The molecule has 1 aromatic carbocycles. The first-order valence-electron chi connectivity index (χ1n) is 7.22. The Kier molecular flexibility index (Phi) is 5.33. The number of halogens is 1. The molecule has 7 heteroatoms. The first-order valence-corrected chi connectivity index (χ1v) is 7.22. The Morgan fingerprint density at radius 1 is 1.59 bits per heavy atom. The van der Waals surface area contributed by atoms with E-state index >= 15 is 0 Å². The average molecular weight is 311 g/mol. The Labute approximate surface area is 129 Å². The molecular formula is C15H22FN3O3. The number of ether oxygens (including phenoxy) is 1. The lowest BCUT2D eigenvalue weighted by Crippen LogP contribution is -2.65. The van der Waals surface area contributed by atoms with Gasteiger partial charge in [-0.15, -0.1) is 0 Å². The van der Waals surface area contributed by atoms with Crippen molar-refractivity contribution in [2.75, 3.05) is 31.7 Å². The molecule has 0 aliphatic carbocycles. The second-order valence-corrected chi connectivity index (χ2v) is 5.72. The van der Waals surface area contributed by atoms with E-state index in [2.05, 4.69) is 16.0 Å². The van der Waals surface area contributed by atoms with Crippen LogP contribution in [0.1, 0.15) is 12.5 Å². The number of hydrogen-bond donors (Lipinski definition) is 4. The maximum absolute atomic E-state index is 13.4. The summed E-state index contributed by atoms with van der Waals surface area (Å²) in [6.07, 6.45) is 0. The predicted octanol–water partition coefficient (Wildman–Crippen LogP) is 0.995. The van der Waals surface area contributed by atoms with Crippen molar-refractivity contribution in [1.29, 1.82) is 0 Å². The molecule has 1 heterocycles. The number of hydrogen-bond acceptors (Lipinski definition) is 4. The number of anilines is 1. The summed E-state index contributed by atoms with van der Waals surface area (Å²) in [5.41, 5.74) is 0.0884. The van der Waals surface area contributed by atoms with Crippen molar-refractivity contribution in [3.63, 3.8) is 0 Å². The van der Waals surface area contributed by atoms with E-state index in [1.807, 2.05) is 6.92 Å². The standard InChI is InChI=1S/C15H22FN3O3/c1-10-6-22-9-15(8-20,19-10)7-17-14(21)18-13-5-3-4-12(16)11(13)2/h3-5,10,19-20H,6-9H2,1-2H3,(H2,17,18,21)/t10-,15+/m1/s1. The van der Waals surface area contributed by atoms with Gasteiger partial charge >= 0.3 is 6.03 Å². The minimum absolute atomic E-state index is 0.0937. The van der Waals surface area contributed by atoms with Crippen LogP contribution in [0.2, 0.25) is 0 Å². The lowest BCUT2D eigenvalue weighted by molar-refractivity contribution is -0.0198. The zero-order valence-electron chi connectivity index (χ0n) is 12.8. The van der Waals surface area contributed by atoms with Gasteiger partial charge in [0.1, 0.15) is 5.82 Å². The van der Waals surface area contributed by atoms with Gasteiger partial charge in [0.2, 0.25) is 0 Å². The summed E-state index contributed by atoms with van der Waals surface area (Å²) in [6, 6.07) is 4.14. The fraction of sp³-hybridized carbons (Fsp3) is 0.533. The van der Waals surface area contributed by atoms with Crippen LogP contribution >= 0.6 is 0 Å². The molecule has 4 N–H and O–H groups in total. The molecule has 1 saturated heterocycles. The van der Waals surface area contributed by atoms with E-state index in [1.54, 1.807) is 13.0 Å². The monoisotopic (exact) mass is 311 g/mol. The number of benzene rings is 1. The SMILES string of the molecule is Cc1c(F)cccc1NC(=O)NC[C@]1(CO)COC[C@@H](C)N1. The number of aliphatic hydroxyl groups is 1. The summed E-state index contributed by atoms with van der Waals surface area (Å²) in [6.45, 7) is 4.46. The molecule has 1 aliphatic rings. The van der Waals surface area contributed by atoms with Gasteiger partial charge in [-0.25, -0.2) is 9.18 Å². The minimum atomic E-state index is -0.702. The number of rotatable bonds is 4. The van der Waals surface area contributed by atoms with Crippen LogP contribution in [0.25, 0.3) is 0 Å². The summed E-state index contributed by atoms with van der Waals surface area (Å²) in [7, 11) is 0. The number of nitrogens with one attached hydrogen (secondary N) is 3. The van der Waals surface area contributed by atoms with Gasteiger partial charge in [0.05, 0.1) is 25.4 Å². The third-order valence-electron chi connectivity index (χ3n) is 3.70. The summed E-state index contributed by atoms with van der Waals surface area (Å²) in [5.74, 6) is -0.374. The van der Waals surface area contributed by atoms with Gasteiger partial charge < -0.3 is 25.8 Å². The first kappa shape index (κ1) is 16.7. The van der Waals surface area contributed by atoms with Crippen molar-refractivity contribution in [3.05, 3.63) is 29.6 Å². The maximum Gasteiger partial charge on any atom is 0.319 e. The van der Waals surface area contributed by atoms with Crippen LogP contribution in [0, 0.1) is 12.7 Å². The summed E-state index contributed by atoms with van der Waals surface area (Å²) < 4.78 is 18.9. The van der Waals surface area contributed by atoms with E-state index in [1.165, 1.54) is 12.1 Å². The topological polar surface area (TPSA) is 82.6 Å². The van der Waals surface area contributed by atoms with Gasteiger partial charge in [-0.2, -0.15) is 0 Å². The van der Waals surface area contributed by atoms with Gasteiger partial charge in [0.25, 0.3) is 0 Å². The molecular weight excluding hydrogens is 289 g/mol. The first-order chi connectivity index (χ1) is 10.5. The zero-order valence-corrected chi connectivity index (χ0v) is 12.8. The van der Waals surface area contributed by atoms with E-state index in [-0.39, 0.29) is 25.0 Å². The van der Waals surface area contributed by atoms with Gasteiger partial charge in [0.15, 0.2) is 0 Å². The second-order valence-electron chi connectivity index (χ2n) is 5.72. The van der Waals surface area contributed by atoms with Crippen LogP contribution < -0.4 is 16.0 Å². The molecule has 1 aromatic rings. The molecule has 2 rings (SSSR count). The molecule has 0 unspecified atom stereocenters. The second kappa shape index (κ2) is 7.04. The van der Waals surface area contributed by atoms with Gasteiger partial charge in [-0.3, -0.25) is 0 Å². The van der Waals surface area contributed by atoms with Crippen LogP contribution in [-0.4, -0.2) is 49.1 Å². The number of amides is 2. The van der Waals surface area contributed by atoms with Crippen molar-refractivity contribution >= 4 is 11.7 Å². The Morgan fingerprint density at radius 3 is 3.05 bits per heavy atom. The number of morpholine rings is 1. The van der Waals surface area contributed by atoms with Crippen molar-refractivity contribution in [2.45, 2.75) is 25.4 Å². The normalized spacial score (nSPS) is 24.8. The van der Waals surface area contributed by atoms with Crippen molar-refractivity contribution in [1.82, 2.24) is 10.6 Å². The molecule has 2 atom stereocenters. The van der Waals surface area contributed by atoms with E-state index in [4.69, 9.17) is 4.74 Å². The molecule has 0 aromatic heterocycles. The van der Waals surface area contributed by atoms with E-state index < -0.39 is 11.6 Å². The van der Waals surface area contributed by atoms with Crippen LogP contribution in [0.15, 0.2) is 18.2 Å². The molecule has 0 saturated carbocycles. The fourth-order valence-corrected chi connectivity index (χ4v) is 2.45. The average Bonchev–Trinajstić information content (AvgIpc) is 2.50. The Balaban J connectivity index is 1.93. The van der Waals surface area contributed by atoms with Crippen molar-refractivity contribution in [3.8, 4) is 0 Å². The number of urea groups is 1. The van der Waals surface area contributed by atoms with E-state index in [9.17, 15) is 14.3 Å². The smallest absolute Gasteiger partial charge is 0.319 e. The van der Waals surface area contributed by atoms with Gasteiger partial charge in [-0.05, 0) is 26.0 Å². The Hall–Kier alpha value is -1.70. The quantitative estimate of drug-likeness (QED) is 0.668. The third-order valence-corrected chi connectivity index (χ3v) is 3.70. The molecule has 6 nitrogen and oxygen atoms in total. The number of carbonyl (C=O) groups is 1. The van der Waals surface area contributed by atoms with Crippen molar-refractivity contribution in [2.24, 2.45) is 0 Å². The Bertz CT molecular complexity index is 541. The van der Waals surface area contributed by atoms with Crippen molar-refractivity contribution < 1.29 is 19.0 Å². The summed E-state index contributed by atoms with van der Waals surface area (Å²) in [5, 5.41) is 18.1. The highest BCUT2D eigenvalue weighted by Crippen LogP contribution is 2.17. The van der Waals surface area contributed by atoms with E-state index in [0.29, 0.717) is 24.5 Å². The molecule has 1 aliphatic heterocycles. The molecule has 0 bridgehead atoms. The highest BCUT2D eigenvalue weighted by Gasteiger charge is 2.35. The lowest BCUT2D eigenvalue weighted by Gasteiger charge is -2.39. The number of carbonyl (C=O) groups excluding carboxylic acids is 1. The molecule has 0 spiro atoms. The number of aliphatic hydroxyl groups excluding tert-OH is 1. The highest BCUT2D eigenvalue weighted by atomic mass is 19.1. The van der Waals surface area contributed by atoms with Crippen LogP contribution in [-0.2, 0) is 4.74 Å². The lowest BCUT2D eigenvalue weighted by atomic mass is 9.99. The Morgan fingerprint density at radius 2 is 2.36 bits per heavy atom. The van der Waals surface area contributed by atoms with Gasteiger partial charge in [0, 0.05) is 23.8 Å². The van der Waals surface area contributed by atoms with Crippen LogP contribution in [0.5, 0.6) is 0 Å². The van der Waals surface area contributed by atoms with E-state index in [0.717, 1.165) is 0 Å². The minimum Gasteiger partial charge on any atom is -0.394 e. The van der Waals surface area contributed by atoms with Crippen LogP contribution in [0.3, 0.4) is 0 Å². The summed E-state index contributed by atoms with van der Waals surface area (Å²) >= 11 is 0. The predicted molar refractivity (Wildman–Crippen MR) is 81.4 cm³/mol. The molecule has 2 amide bonds.